The van der Waals surface area contributed by atoms with Gasteiger partial charge in [-0.05, 0) is 18.2 Å². The van der Waals surface area contributed by atoms with Crippen LogP contribution in [0.5, 0.6) is 5.75 Å². The molecule has 70 valence electrons. The number of benzene rings is 1. The van der Waals surface area contributed by atoms with Gasteiger partial charge < -0.3 is 15.9 Å². The van der Waals surface area contributed by atoms with Gasteiger partial charge in [-0.1, -0.05) is 12.1 Å². The summed E-state index contributed by atoms with van der Waals surface area (Å²) in [4.78, 5) is 9.57. The molecular formula is C9H11NO3. The number of hydrogen-bond acceptors (Lipinski definition) is 3. The lowest BCUT2D eigenvalue weighted by molar-refractivity contribution is -0.138. The first-order valence-corrected chi connectivity index (χ1v) is 3.84. The van der Waals surface area contributed by atoms with E-state index in [9.17, 15) is 4.79 Å². The Kier molecular flexibility index (Phi) is 2.53. The Hall–Kier alpha value is -1.55. The van der Waals surface area contributed by atoms with E-state index < -0.39 is 12.0 Å². The Balaban J connectivity index is 0.000000133. The van der Waals surface area contributed by atoms with Crippen LogP contribution in [0.2, 0.25) is 0 Å². The number of hydrogen-bond donors (Lipinski definition) is 3. The van der Waals surface area contributed by atoms with Crippen molar-refractivity contribution in [3.05, 3.63) is 28.6 Å². The molecule has 1 unspecified atom stereocenters. The molecular weight excluding hydrogens is 170 g/mol. The van der Waals surface area contributed by atoms with Gasteiger partial charge in [0, 0.05) is 5.22 Å². The number of aromatic hydroxyl groups is 1. The fourth-order valence-electron chi connectivity index (χ4n) is 0.769. The van der Waals surface area contributed by atoms with Crippen LogP contribution in [0.1, 0.15) is 6.92 Å². The highest BCUT2D eigenvalue weighted by molar-refractivity contribution is 5.72. The molecule has 13 heavy (non-hydrogen) atoms. The van der Waals surface area contributed by atoms with Crippen molar-refractivity contribution in [2.75, 3.05) is 0 Å². The summed E-state index contributed by atoms with van der Waals surface area (Å²) in [6, 6.07) is 4.92. The molecule has 0 aromatic heterocycles. The van der Waals surface area contributed by atoms with E-state index in [1.54, 1.807) is 6.07 Å². The molecule has 0 aliphatic heterocycles. The summed E-state index contributed by atoms with van der Waals surface area (Å²) in [6.45, 7) is 1.42. The molecule has 0 heterocycles. The van der Waals surface area contributed by atoms with E-state index in [-0.39, 0.29) is 0 Å². The molecule has 2 aliphatic rings. The van der Waals surface area contributed by atoms with Gasteiger partial charge in [-0.2, -0.15) is 0 Å². The van der Waals surface area contributed by atoms with Crippen LogP contribution in [0.3, 0.4) is 0 Å². The van der Waals surface area contributed by atoms with Crippen LogP contribution in [-0.4, -0.2) is 22.2 Å². The molecule has 0 radical (unpaired) electrons. The quantitative estimate of drug-likeness (QED) is 0.595. The van der Waals surface area contributed by atoms with Crippen LogP contribution < -0.4 is 5.73 Å². The molecule has 0 saturated heterocycles. The number of phenols is 1. The molecule has 0 bridgehead atoms. The third kappa shape index (κ3) is 1.97. The molecule has 0 aromatic rings. The number of carboxylic acid groups (broad SMARTS) is 1. The molecule has 2 rings (SSSR count). The molecule has 0 spiro atoms. The molecule has 2 aliphatic carbocycles. The van der Waals surface area contributed by atoms with Crippen LogP contribution >= 0.6 is 0 Å². The minimum absolute atomic E-state index is 0.442. The van der Waals surface area contributed by atoms with Gasteiger partial charge in [-0.25, -0.2) is 0 Å². The Labute approximate surface area is 74.9 Å². The third-order valence-electron chi connectivity index (χ3n) is 1.70. The fraction of sp³-hybridized carbons (Fsp3) is 0.222. The van der Waals surface area contributed by atoms with Crippen molar-refractivity contribution in [1.29, 1.82) is 0 Å². The van der Waals surface area contributed by atoms with E-state index >= 15 is 0 Å². The Morgan fingerprint density at radius 1 is 1.54 bits per heavy atom. The maximum atomic E-state index is 9.57. The van der Waals surface area contributed by atoms with E-state index in [1.165, 1.54) is 12.1 Å². The van der Waals surface area contributed by atoms with Gasteiger partial charge >= 0.3 is 5.97 Å². The van der Waals surface area contributed by atoms with Gasteiger partial charge in [0.25, 0.3) is 0 Å². The van der Waals surface area contributed by atoms with Gasteiger partial charge in [-0.3, -0.25) is 4.79 Å². The summed E-state index contributed by atoms with van der Waals surface area (Å²) < 4.78 is 0. The standard InChI is InChI=1S/C6H4O.C3H7NO2/c7-6-3-4-1-2-5(4)6;1-2(4)3(5)6/h1-3,7H;2H,4H2,1H3,(H,5,6). The molecule has 0 amide bonds. The van der Waals surface area contributed by atoms with Crippen LogP contribution in [0, 0.1) is 10.4 Å². The summed E-state index contributed by atoms with van der Waals surface area (Å²) in [6.07, 6.45) is 0. The molecule has 0 fully saturated rings. The summed E-state index contributed by atoms with van der Waals surface area (Å²) in [5, 5.41) is 18.8. The van der Waals surface area contributed by atoms with Gasteiger partial charge in [0.2, 0.25) is 0 Å². The summed E-state index contributed by atoms with van der Waals surface area (Å²) in [5.74, 6) is -0.521. The lowest BCUT2D eigenvalue weighted by atomic mass is 10.1. The highest BCUT2D eigenvalue weighted by atomic mass is 16.4. The van der Waals surface area contributed by atoms with Crippen LogP contribution in [0.15, 0.2) is 18.2 Å². The van der Waals surface area contributed by atoms with Crippen LogP contribution in [0.4, 0.5) is 0 Å². The lowest BCUT2D eigenvalue weighted by Gasteiger charge is -2.02. The lowest BCUT2D eigenvalue weighted by Crippen LogP contribution is -2.25. The molecule has 0 aromatic carbocycles. The number of nitrogens with two attached hydrogens (primary N) is 1. The maximum absolute atomic E-state index is 9.57. The summed E-state index contributed by atoms with van der Waals surface area (Å²) in [7, 11) is 0. The first-order chi connectivity index (χ1) is 6.02. The molecule has 0 saturated carbocycles. The van der Waals surface area contributed by atoms with Crippen LogP contribution in [0.25, 0.3) is 0 Å². The predicted octanol–water partition coefficient (Wildman–Crippen LogP) is 0.411. The number of carboxylic acids is 1. The summed E-state index contributed by atoms with van der Waals surface area (Å²) in [5.41, 5.74) is 4.84. The topological polar surface area (TPSA) is 83.6 Å². The van der Waals surface area contributed by atoms with E-state index in [0.717, 1.165) is 5.22 Å². The van der Waals surface area contributed by atoms with E-state index in [4.69, 9.17) is 15.9 Å². The Bertz CT molecular complexity index is 411. The predicted molar refractivity (Wildman–Crippen MR) is 47.1 cm³/mol. The van der Waals surface area contributed by atoms with Gasteiger partial charge in [0.15, 0.2) is 0 Å². The molecule has 4 N–H and O–H groups in total. The number of rotatable bonds is 1. The zero-order valence-electron chi connectivity index (χ0n) is 7.19. The van der Waals surface area contributed by atoms with Crippen molar-refractivity contribution in [2.24, 2.45) is 5.73 Å². The maximum Gasteiger partial charge on any atom is 0.320 e. The number of carbonyl (C=O) groups is 1. The fourth-order valence-corrected chi connectivity index (χ4v) is 0.769. The van der Waals surface area contributed by atoms with Crippen molar-refractivity contribution in [3.8, 4) is 5.75 Å². The smallest absolute Gasteiger partial charge is 0.320 e. The monoisotopic (exact) mass is 181 g/mol. The van der Waals surface area contributed by atoms with Gasteiger partial charge in [0.1, 0.15) is 11.8 Å². The average molecular weight is 181 g/mol. The van der Waals surface area contributed by atoms with Gasteiger partial charge in [-0.15, -0.1) is 0 Å². The van der Waals surface area contributed by atoms with Gasteiger partial charge in [0.05, 0.1) is 0 Å². The zero-order chi connectivity index (χ0) is 10.0. The average Bonchev–Trinajstić information content (AvgIpc) is 2.00. The van der Waals surface area contributed by atoms with E-state index in [0.29, 0.717) is 5.75 Å². The van der Waals surface area contributed by atoms with Crippen LogP contribution in [-0.2, 0) is 4.79 Å². The molecule has 4 nitrogen and oxygen atoms in total. The molecule has 1 atom stereocenters. The van der Waals surface area contributed by atoms with Crippen molar-refractivity contribution in [2.45, 2.75) is 13.0 Å². The SMILES string of the molecule is CC(N)C(=O)O.Oc1cc2ccc1=2. The first kappa shape index (κ1) is 9.54. The normalized spacial score (nSPS) is 12.5. The summed E-state index contributed by atoms with van der Waals surface area (Å²) >= 11 is 0. The number of phenolic OH excluding ortho intramolecular Hbond substituents is 1. The van der Waals surface area contributed by atoms with E-state index in [1.807, 2.05) is 12.1 Å². The van der Waals surface area contributed by atoms with Crippen molar-refractivity contribution in [3.63, 3.8) is 0 Å². The van der Waals surface area contributed by atoms with Crippen molar-refractivity contribution < 1.29 is 15.0 Å². The highest BCUT2D eigenvalue weighted by Gasteiger charge is 2.00. The highest BCUT2D eigenvalue weighted by Crippen LogP contribution is 2.21. The van der Waals surface area contributed by atoms with E-state index in [2.05, 4.69) is 0 Å². The third-order valence-corrected chi connectivity index (χ3v) is 1.70. The first-order valence-electron chi connectivity index (χ1n) is 3.84. The zero-order valence-corrected chi connectivity index (χ0v) is 7.19. The minimum Gasteiger partial charge on any atom is -0.507 e. The Morgan fingerprint density at radius 2 is 2.08 bits per heavy atom. The Morgan fingerprint density at radius 3 is 2.08 bits per heavy atom. The van der Waals surface area contributed by atoms with Crippen molar-refractivity contribution >= 4 is 5.97 Å². The number of aliphatic carboxylic acids is 1. The molecule has 4 heteroatoms. The second kappa shape index (κ2) is 3.45. The second-order valence-electron chi connectivity index (χ2n) is 2.86. The van der Waals surface area contributed by atoms with Crippen molar-refractivity contribution in [1.82, 2.24) is 0 Å². The second-order valence-corrected chi connectivity index (χ2v) is 2.86. The largest absolute Gasteiger partial charge is 0.507 e. The minimum atomic E-state index is -0.963.